The Morgan fingerprint density at radius 2 is 0.824 bits per heavy atom. The molecule has 1 aliphatic heterocycles. The van der Waals surface area contributed by atoms with Crippen LogP contribution in [-0.4, -0.2) is 20.7 Å². The van der Waals surface area contributed by atoms with Crippen LogP contribution < -0.4 is 5.32 Å². The van der Waals surface area contributed by atoms with Gasteiger partial charge in [-0.05, 0) is 33.9 Å². The summed E-state index contributed by atoms with van der Waals surface area (Å²) in [6.07, 6.45) is 0. The Bertz CT molecular complexity index is 3730. The maximum absolute atomic E-state index is 9.69. The van der Waals surface area contributed by atoms with Gasteiger partial charge in [0.15, 0.2) is 17.5 Å². The van der Waals surface area contributed by atoms with E-state index in [0.29, 0.717) is 23.2 Å². The summed E-state index contributed by atoms with van der Waals surface area (Å²) in [5.74, 6) is 1.76. The quantitative estimate of drug-likeness (QED) is 0.141. The monoisotopic (exact) mass is 871 g/mol. The van der Waals surface area contributed by atoms with Gasteiger partial charge in [-0.25, -0.2) is 15.0 Å². The lowest BCUT2D eigenvalue weighted by atomic mass is 9.82. The second kappa shape index (κ2) is 17.3. The summed E-state index contributed by atoms with van der Waals surface area (Å²) in [5, 5.41) is 15.8. The van der Waals surface area contributed by atoms with E-state index in [-0.39, 0.29) is 0 Å². The lowest BCUT2D eigenvalue weighted by molar-refractivity contribution is 0.670. The molecule has 0 amide bonds. The number of benzene rings is 9. The molecule has 0 atom stereocenters. The molecule has 3 heterocycles. The molecule has 68 heavy (non-hydrogen) atoms. The van der Waals surface area contributed by atoms with Crippen molar-refractivity contribution in [3.63, 3.8) is 0 Å². The summed E-state index contributed by atoms with van der Waals surface area (Å²) in [7, 11) is 0. The minimum absolute atomic E-state index is 0.442. The maximum Gasteiger partial charge on any atom is 0.164 e. The average molecular weight is 872 g/mol. The van der Waals surface area contributed by atoms with Crippen molar-refractivity contribution in [1.29, 1.82) is 5.41 Å². The standard InChI is InChI=1S/C62H41N5O/c63-56(43-20-7-2-8-21-43)55(41-18-5-1-6-19-41)58-51-28-14-13-27-50(51)54(57(64-58)44-22-9-3-10-23-44)42-34-38-47(39-35-42)62-66-60(45-24-11-4-12-25-45)65-61(67-62)46-36-32-40(33-37-46)48-29-17-30-52-49-26-15-16-31-53(49)68-59(48)52/h1-39,63-64H. The van der Waals surface area contributed by atoms with Crippen molar-refractivity contribution >= 4 is 50.2 Å². The first kappa shape index (κ1) is 40.3. The van der Waals surface area contributed by atoms with Gasteiger partial charge in [-0.15, -0.1) is 0 Å². The minimum Gasteiger partial charge on any atom is -0.455 e. The Balaban J connectivity index is 0.962. The number of hydrogen-bond acceptors (Lipinski definition) is 6. The highest BCUT2D eigenvalue weighted by Crippen LogP contribution is 2.43. The van der Waals surface area contributed by atoms with Crippen molar-refractivity contribution in [2.75, 3.05) is 0 Å². The summed E-state index contributed by atoms with van der Waals surface area (Å²) in [5.41, 5.74) is 16.6. The fourth-order valence-corrected chi connectivity index (χ4v) is 9.30. The van der Waals surface area contributed by atoms with Crippen LogP contribution in [0.15, 0.2) is 241 Å². The lowest BCUT2D eigenvalue weighted by Gasteiger charge is -2.30. The Kier molecular flexibility index (Phi) is 10.2. The van der Waals surface area contributed by atoms with E-state index in [1.165, 1.54) is 0 Å². The third-order valence-electron chi connectivity index (χ3n) is 12.6. The Morgan fingerprint density at radius 3 is 1.46 bits per heavy atom. The minimum atomic E-state index is 0.442. The van der Waals surface area contributed by atoms with Crippen molar-refractivity contribution in [2.24, 2.45) is 0 Å². The van der Waals surface area contributed by atoms with Gasteiger partial charge < -0.3 is 9.73 Å². The van der Waals surface area contributed by atoms with Gasteiger partial charge in [-0.3, -0.25) is 5.41 Å². The fourth-order valence-electron chi connectivity index (χ4n) is 9.30. The average Bonchev–Trinajstić information content (AvgIpc) is 3.81. The smallest absolute Gasteiger partial charge is 0.164 e. The molecule has 11 aromatic rings. The molecule has 0 unspecified atom stereocenters. The first-order valence-electron chi connectivity index (χ1n) is 22.7. The molecular formula is C62H41N5O. The summed E-state index contributed by atoms with van der Waals surface area (Å²) in [6, 6.07) is 80.6. The molecule has 12 rings (SSSR count). The summed E-state index contributed by atoms with van der Waals surface area (Å²) < 4.78 is 6.38. The van der Waals surface area contributed by atoms with Crippen LogP contribution in [0.4, 0.5) is 0 Å². The van der Waals surface area contributed by atoms with Crippen LogP contribution in [0, 0.1) is 5.41 Å². The molecule has 0 bridgehead atoms. The molecule has 320 valence electrons. The van der Waals surface area contributed by atoms with Gasteiger partial charge in [-0.1, -0.05) is 231 Å². The van der Waals surface area contributed by atoms with Crippen LogP contribution in [0.1, 0.15) is 33.4 Å². The molecule has 2 aromatic heterocycles. The van der Waals surface area contributed by atoms with Gasteiger partial charge in [0.05, 0.1) is 17.1 Å². The second-order valence-corrected chi connectivity index (χ2v) is 16.8. The molecule has 0 saturated heterocycles. The Labute approximate surface area is 393 Å². The zero-order valence-electron chi connectivity index (χ0n) is 36.8. The van der Waals surface area contributed by atoms with E-state index in [0.717, 1.165) is 106 Å². The fraction of sp³-hybridized carbons (Fsp3) is 0. The molecule has 0 fully saturated rings. The van der Waals surface area contributed by atoms with Crippen LogP contribution in [0.25, 0.3) is 89.8 Å². The number of aromatic nitrogens is 3. The van der Waals surface area contributed by atoms with E-state index in [2.05, 4.69) is 139 Å². The van der Waals surface area contributed by atoms with Gasteiger partial charge in [0.1, 0.15) is 11.2 Å². The molecule has 0 radical (unpaired) electrons. The predicted octanol–water partition coefficient (Wildman–Crippen LogP) is 14.9. The van der Waals surface area contributed by atoms with Crippen LogP contribution in [0.3, 0.4) is 0 Å². The molecule has 2 N–H and O–H groups in total. The number of nitrogens with one attached hydrogen (secondary N) is 2. The van der Waals surface area contributed by atoms with E-state index in [1.54, 1.807) is 0 Å². The predicted molar refractivity (Wildman–Crippen MR) is 277 cm³/mol. The number of nitrogens with zero attached hydrogens (tertiary/aromatic N) is 3. The third-order valence-corrected chi connectivity index (χ3v) is 12.6. The highest BCUT2D eigenvalue weighted by Gasteiger charge is 2.29. The van der Waals surface area contributed by atoms with E-state index in [1.807, 2.05) is 103 Å². The first-order valence-corrected chi connectivity index (χ1v) is 22.7. The van der Waals surface area contributed by atoms with Crippen molar-refractivity contribution < 1.29 is 4.42 Å². The highest BCUT2D eigenvalue weighted by atomic mass is 16.3. The Morgan fingerprint density at radius 1 is 0.368 bits per heavy atom. The van der Waals surface area contributed by atoms with E-state index < -0.39 is 0 Å². The van der Waals surface area contributed by atoms with Gasteiger partial charge in [0.2, 0.25) is 0 Å². The molecule has 0 aliphatic carbocycles. The number of furan rings is 1. The van der Waals surface area contributed by atoms with Crippen molar-refractivity contribution in [2.45, 2.75) is 0 Å². The molecular weight excluding hydrogens is 831 g/mol. The third kappa shape index (κ3) is 7.36. The number of para-hydroxylation sites is 2. The largest absolute Gasteiger partial charge is 0.455 e. The molecule has 6 nitrogen and oxygen atoms in total. The second-order valence-electron chi connectivity index (χ2n) is 16.8. The number of fused-ring (bicyclic) bond motifs is 4. The zero-order valence-corrected chi connectivity index (χ0v) is 36.8. The number of rotatable bonds is 9. The van der Waals surface area contributed by atoms with Gasteiger partial charge in [0, 0.05) is 55.3 Å². The molecule has 9 aromatic carbocycles. The summed E-state index contributed by atoms with van der Waals surface area (Å²) >= 11 is 0. The number of allylic oxidation sites excluding steroid dienone is 1. The Hall–Kier alpha value is -9.26. The molecule has 6 heteroatoms. The van der Waals surface area contributed by atoms with E-state index in [9.17, 15) is 5.41 Å². The highest BCUT2D eigenvalue weighted by molar-refractivity contribution is 6.36. The summed E-state index contributed by atoms with van der Waals surface area (Å²) in [4.78, 5) is 15.2. The van der Waals surface area contributed by atoms with E-state index in [4.69, 9.17) is 19.4 Å². The first-order chi connectivity index (χ1) is 33.6. The SMILES string of the molecule is N=C(C(=C1NC(c2ccccc2)=C(c2ccc(-c3nc(-c4ccccc4)nc(-c4ccc(-c5cccc6c5oc5ccccc56)cc4)n3)cc2)c2ccccc21)c1ccccc1)c1ccccc1. The van der Waals surface area contributed by atoms with Crippen molar-refractivity contribution in [3.05, 3.63) is 270 Å². The molecule has 0 spiro atoms. The zero-order chi connectivity index (χ0) is 45.4. The van der Waals surface area contributed by atoms with Crippen molar-refractivity contribution in [3.8, 4) is 45.3 Å². The van der Waals surface area contributed by atoms with Gasteiger partial charge in [-0.2, -0.15) is 0 Å². The maximum atomic E-state index is 9.69. The number of hydrogen-bond donors (Lipinski definition) is 2. The van der Waals surface area contributed by atoms with Crippen LogP contribution in [-0.2, 0) is 0 Å². The van der Waals surface area contributed by atoms with Crippen LogP contribution >= 0.6 is 0 Å². The van der Waals surface area contributed by atoms with Gasteiger partial charge >= 0.3 is 0 Å². The normalized spacial score (nSPS) is 13.0. The van der Waals surface area contributed by atoms with Gasteiger partial charge in [0.25, 0.3) is 0 Å². The van der Waals surface area contributed by atoms with Crippen LogP contribution in [0.2, 0.25) is 0 Å². The molecule has 0 saturated carbocycles. The molecule has 1 aliphatic rings. The lowest BCUT2D eigenvalue weighted by Crippen LogP contribution is -2.23. The van der Waals surface area contributed by atoms with Crippen molar-refractivity contribution in [1.82, 2.24) is 20.3 Å². The topological polar surface area (TPSA) is 87.7 Å². The summed E-state index contributed by atoms with van der Waals surface area (Å²) in [6.45, 7) is 0. The van der Waals surface area contributed by atoms with Crippen LogP contribution in [0.5, 0.6) is 0 Å². The van der Waals surface area contributed by atoms with E-state index >= 15 is 0 Å².